The Morgan fingerprint density at radius 2 is 1.92 bits per heavy atom. The molecular formula is C20H21N3OS. The molecule has 1 atom stereocenters. The van der Waals surface area contributed by atoms with Gasteiger partial charge >= 0.3 is 0 Å². The lowest BCUT2D eigenvalue weighted by Gasteiger charge is -2.13. The van der Waals surface area contributed by atoms with Crippen LogP contribution in [0.2, 0.25) is 0 Å². The van der Waals surface area contributed by atoms with Crippen LogP contribution >= 0.6 is 11.8 Å². The summed E-state index contributed by atoms with van der Waals surface area (Å²) >= 11 is 1.51. The minimum absolute atomic E-state index is 0.0926. The van der Waals surface area contributed by atoms with E-state index >= 15 is 0 Å². The second kappa shape index (κ2) is 6.56. The summed E-state index contributed by atoms with van der Waals surface area (Å²) in [6.07, 6.45) is 2.20. The molecule has 1 aromatic heterocycles. The zero-order valence-electron chi connectivity index (χ0n) is 14.4. The van der Waals surface area contributed by atoms with E-state index in [2.05, 4.69) is 47.1 Å². The first-order chi connectivity index (χ1) is 12.1. The molecule has 2 aromatic carbocycles. The average Bonchev–Trinajstić information content (AvgIpc) is 3.35. The molecule has 3 aromatic rings. The van der Waals surface area contributed by atoms with Crippen molar-refractivity contribution in [3.05, 3.63) is 54.1 Å². The second-order valence-corrected chi connectivity index (χ2v) is 7.90. The van der Waals surface area contributed by atoms with Crippen LogP contribution in [0, 0.1) is 6.92 Å². The third kappa shape index (κ3) is 3.42. The maximum atomic E-state index is 12.3. The molecule has 4 rings (SSSR count). The standard InChI is InChI=1S/C20H21N3OS/c1-13-7-11-16(12-8-13)23-18-6-4-3-5-17(18)22-20(23)25-14(2)19(24)21-15-9-10-15/h3-8,11-12,14-15H,9-10H2,1-2H3,(H,21,24). The van der Waals surface area contributed by atoms with Crippen molar-refractivity contribution in [3.8, 4) is 5.69 Å². The van der Waals surface area contributed by atoms with Crippen molar-refractivity contribution in [2.24, 2.45) is 0 Å². The van der Waals surface area contributed by atoms with Gasteiger partial charge in [-0.3, -0.25) is 9.36 Å². The number of imidazole rings is 1. The van der Waals surface area contributed by atoms with Crippen LogP contribution in [0.4, 0.5) is 0 Å². The van der Waals surface area contributed by atoms with E-state index in [4.69, 9.17) is 4.98 Å². The van der Waals surface area contributed by atoms with Gasteiger partial charge in [0.15, 0.2) is 5.16 Å². The van der Waals surface area contributed by atoms with Crippen molar-refractivity contribution in [2.75, 3.05) is 0 Å². The van der Waals surface area contributed by atoms with Crippen LogP contribution in [-0.4, -0.2) is 26.8 Å². The lowest BCUT2D eigenvalue weighted by Crippen LogP contribution is -2.32. The fraction of sp³-hybridized carbons (Fsp3) is 0.300. The predicted molar refractivity (Wildman–Crippen MR) is 102 cm³/mol. The van der Waals surface area contributed by atoms with E-state index in [9.17, 15) is 4.79 Å². The van der Waals surface area contributed by atoms with Crippen molar-refractivity contribution in [3.63, 3.8) is 0 Å². The number of rotatable bonds is 5. The average molecular weight is 351 g/mol. The molecule has 0 bridgehead atoms. The van der Waals surface area contributed by atoms with Crippen LogP contribution in [0.1, 0.15) is 25.3 Å². The van der Waals surface area contributed by atoms with Crippen molar-refractivity contribution in [2.45, 2.75) is 43.1 Å². The summed E-state index contributed by atoms with van der Waals surface area (Å²) in [6.45, 7) is 4.02. The molecule has 0 aliphatic heterocycles. The number of para-hydroxylation sites is 2. The molecule has 0 saturated heterocycles. The molecule has 1 fully saturated rings. The number of carbonyl (C=O) groups is 1. The van der Waals surface area contributed by atoms with Crippen LogP contribution in [0.5, 0.6) is 0 Å². The van der Waals surface area contributed by atoms with Gasteiger partial charge in [-0.1, -0.05) is 41.6 Å². The number of hydrogen-bond donors (Lipinski definition) is 1. The van der Waals surface area contributed by atoms with E-state index in [1.807, 2.05) is 25.1 Å². The summed E-state index contributed by atoms with van der Waals surface area (Å²) in [5, 5.41) is 3.75. The summed E-state index contributed by atoms with van der Waals surface area (Å²) in [5.41, 5.74) is 4.29. The van der Waals surface area contributed by atoms with E-state index in [0.717, 1.165) is 34.7 Å². The van der Waals surface area contributed by atoms with Gasteiger partial charge in [0.1, 0.15) is 0 Å². The first-order valence-corrected chi connectivity index (χ1v) is 9.51. The first-order valence-electron chi connectivity index (χ1n) is 8.63. The maximum absolute atomic E-state index is 12.3. The Labute approximate surface area is 151 Å². The minimum Gasteiger partial charge on any atom is -0.352 e. The SMILES string of the molecule is Cc1ccc(-n2c(SC(C)C(=O)NC3CC3)nc3ccccc32)cc1. The van der Waals surface area contributed by atoms with Gasteiger partial charge < -0.3 is 5.32 Å². The molecule has 1 heterocycles. The number of fused-ring (bicyclic) bond motifs is 1. The number of nitrogens with one attached hydrogen (secondary N) is 1. The highest BCUT2D eigenvalue weighted by Crippen LogP contribution is 2.31. The highest BCUT2D eigenvalue weighted by Gasteiger charge is 2.27. The summed E-state index contributed by atoms with van der Waals surface area (Å²) in [5.74, 6) is 0.0926. The van der Waals surface area contributed by atoms with Gasteiger partial charge in [-0.2, -0.15) is 0 Å². The molecule has 5 heteroatoms. The van der Waals surface area contributed by atoms with Crippen molar-refractivity contribution < 1.29 is 4.79 Å². The molecule has 1 aliphatic rings. The molecule has 0 spiro atoms. The molecule has 1 saturated carbocycles. The Kier molecular flexibility index (Phi) is 4.25. The number of thioether (sulfide) groups is 1. The largest absolute Gasteiger partial charge is 0.352 e. The monoisotopic (exact) mass is 351 g/mol. The number of aryl methyl sites for hydroxylation is 1. The summed E-state index contributed by atoms with van der Waals surface area (Å²) in [7, 11) is 0. The zero-order chi connectivity index (χ0) is 17.4. The molecule has 1 amide bonds. The molecule has 1 N–H and O–H groups in total. The summed E-state index contributed by atoms with van der Waals surface area (Å²) in [4.78, 5) is 17.1. The van der Waals surface area contributed by atoms with E-state index in [1.165, 1.54) is 17.3 Å². The number of hydrogen-bond acceptors (Lipinski definition) is 3. The third-order valence-corrected chi connectivity index (χ3v) is 5.45. The maximum Gasteiger partial charge on any atom is 0.233 e. The minimum atomic E-state index is -0.179. The van der Waals surface area contributed by atoms with Gasteiger partial charge in [0.05, 0.1) is 16.3 Å². The van der Waals surface area contributed by atoms with Gasteiger partial charge in [0.2, 0.25) is 5.91 Å². The van der Waals surface area contributed by atoms with Gasteiger partial charge in [-0.25, -0.2) is 4.98 Å². The molecule has 4 nitrogen and oxygen atoms in total. The predicted octanol–water partition coefficient (Wildman–Crippen LogP) is 4.09. The highest BCUT2D eigenvalue weighted by atomic mass is 32.2. The Hall–Kier alpha value is -2.27. The van der Waals surface area contributed by atoms with Crippen molar-refractivity contribution >= 4 is 28.7 Å². The summed E-state index contributed by atoms with van der Waals surface area (Å²) in [6, 6.07) is 16.9. The van der Waals surface area contributed by atoms with Crippen LogP contribution in [0.3, 0.4) is 0 Å². The molecule has 1 aliphatic carbocycles. The molecule has 25 heavy (non-hydrogen) atoms. The third-order valence-electron chi connectivity index (χ3n) is 4.40. The van der Waals surface area contributed by atoms with E-state index in [1.54, 1.807) is 0 Å². The highest BCUT2D eigenvalue weighted by molar-refractivity contribution is 8.00. The van der Waals surface area contributed by atoms with E-state index in [-0.39, 0.29) is 11.2 Å². The quantitative estimate of drug-likeness (QED) is 0.704. The molecule has 1 unspecified atom stereocenters. The van der Waals surface area contributed by atoms with E-state index < -0.39 is 0 Å². The van der Waals surface area contributed by atoms with Crippen LogP contribution in [0.25, 0.3) is 16.7 Å². The second-order valence-electron chi connectivity index (χ2n) is 6.60. The number of amides is 1. The van der Waals surface area contributed by atoms with E-state index in [0.29, 0.717) is 6.04 Å². The Bertz CT molecular complexity index is 912. The molecule has 128 valence electrons. The number of carbonyl (C=O) groups excluding carboxylic acids is 1. The van der Waals surface area contributed by atoms with Crippen molar-refractivity contribution in [1.82, 2.24) is 14.9 Å². The van der Waals surface area contributed by atoms with Gasteiger partial charge in [-0.05, 0) is 51.0 Å². The zero-order valence-corrected chi connectivity index (χ0v) is 15.2. The normalized spacial score (nSPS) is 15.3. The first kappa shape index (κ1) is 16.2. The van der Waals surface area contributed by atoms with Crippen LogP contribution in [-0.2, 0) is 4.79 Å². The smallest absolute Gasteiger partial charge is 0.233 e. The Morgan fingerprint density at radius 1 is 1.20 bits per heavy atom. The topological polar surface area (TPSA) is 46.9 Å². The number of aromatic nitrogens is 2. The Balaban J connectivity index is 1.70. The van der Waals surface area contributed by atoms with Crippen LogP contribution < -0.4 is 5.32 Å². The van der Waals surface area contributed by atoms with Gasteiger partial charge in [0, 0.05) is 11.7 Å². The number of benzene rings is 2. The van der Waals surface area contributed by atoms with Crippen molar-refractivity contribution in [1.29, 1.82) is 0 Å². The molecular weight excluding hydrogens is 330 g/mol. The molecule has 0 radical (unpaired) electrons. The van der Waals surface area contributed by atoms with Gasteiger partial charge in [0.25, 0.3) is 0 Å². The van der Waals surface area contributed by atoms with Crippen LogP contribution in [0.15, 0.2) is 53.7 Å². The number of nitrogens with zero attached hydrogens (tertiary/aromatic N) is 2. The lowest BCUT2D eigenvalue weighted by molar-refractivity contribution is -0.120. The summed E-state index contributed by atoms with van der Waals surface area (Å²) < 4.78 is 2.14. The van der Waals surface area contributed by atoms with Gasteiger partial charge in [-0.15, -0.1) is 0 Å². The lowest BCUT2D eigenvalue weighted by atomic mass is 10.2. The Morgan fingerprint density at radius 3 is 2.64 bits per heavy atom. The fourth-order valence-electron chi connectivity index (χ4n) is 2.78. The fourth-order valence-corrected chi connectivity index (χ4v) is 3.74.